The molecular weight excluding hydrogens is 444 g/mol. The first-order valence-electron chi connectivity index (χ1n) is 12.3. The van der Waals surface area contributed by atoms with Crippen molar-refractivity contribution in [2.24, 2.45) is 17.3 Å². The number of amides is 2. The predicted molar refractivity (Wildman–Crippen MR) is 133 cm³/mol. The zero-order chi connectivity index (χ0) is 25.2. The number of hydrogen-bond acceptors (Lipinski definition) is 4. The van der Waals surface area contributed by atoms with E-state index in [4.69, 9.17) is 4.74 Å². The number of rotatable bonds is 7. The number of hydrogen-bond donors (Lipinski definition) is 3. The number of nitrogens with one attached hydrogen (secondary N) is 2. The molecule has 7 nitrogen and oxygen atoms in total. The second kappa shape index (κ2) is 10.1. The number of carboxylic acid groups (broad SMARTS) is 1. The van der Waals surface area contributed by atoms with Gasteiger partial charge in [-0.3, -0.25) is 9.59 Å². The summed E-state index contributed by atoms with van der Waals surface area (Å²) >= 11 is 0. The van der Waals surface area contributed by atoms with Gasteiger partial charge in [0.15, 0.2) is 0 Å². The van der Waals surface area contributed by atoms with E-state index in [1.54, 1.807) is 0 Å². The normalized spacial score (nSPS) is 20.0. The Morgan fingerprint density at radius 1 is 1.00 bits per heavy atom. The van der Waals surface area contributed by atoms with Gasteiger partial charge in [-0.05, 0) is 46.4 Å². The van der Waals surface area contributed by atoms with Crippen LogP contribution in [0, 0.1) is 17.3 Å². The third-order valence-electron chi connectivity index (χ3n) is 7.25. The summed E-state index contributed by atoms with van der Waals surface area (Å²) in [4.78, 5) is 37.3. The van der Waals surface area contributed by atoms with Gasteiger partial charge in [0, 0.05) is 12.5 Å². The molecule has 0 bridgehead atoms. The van der Waals surface area contributed by atoms with E-state index < -0.39 is 29.4 Å². The van der Waals surface area contributed by atoms with Gasteiger partial charge in [0.25, 0.3) is 0 Å². The van der Waals surface area contributed by atoms with Crippen LogP contribution in [0.4, 0.5) is 4.79 Å². The molecule has 0 heterocycles. The lowest BCUT2D eigenvalue weighted by atomic mass is 9.86. The van der Waals surface area contributed by atoms with Crippen molar-refractivity contribution in [2.45, 2.75) is 52.0 Å². The lowest BCUT2D eigenvalue weighted by Gasteiger charge is -2.30. The number of carbonyl (C=O) groups excluding carboxylic acids is 2. The standard InChI is InChI=1S/C28H34N2O5/c1-28(2,3)24(25(31)29-15-17-9-8-14-18(17)26(32)33)30-27(34)35-16-23-21-12-6-4-10-19(21)20-11-5-7-13-22(20)23/h4-7,10-13,17-18,23-24H,8-9,14-16H2,1-3H3,(H,29,31)(H,30,34)(H,32,33)/t17-,18-,24+/m0/s1. The van der Waals surface area contributed by atoms with Crippen LogP contribution in [0.1, 0.15) is 57.1 Å². The van der Waals surface area contributed by atoms with Crippen LogP contribution in [0.2, 0.25) is 0 Å². The van der Waals surface area contributed by atoms with E-state index in [1.807, 2.05) is 45.0 Å². The SMILES string of the molecule is CC(C)(C)[C@H](NC(=O)OCC1c2ccccc2-c2ccccc21)C(=O)NC[C@@H]1CCC[C@@H]1C(=O)O. The lowest BCUT2D eigenvalue weighted by molar-refractivity contribution is -0.143. The summed E-state index contributed by atoms with van der Waals surface area (Å²) in [5.74, 6) is -1.73. The van der Waals surface area contributed by atoms with E-state index in [9.17, 15) is 19.5 Å². The van der Waals surface area contributed by atoms with Gasteiger partial charge in [0.1, 0.15) is 12.6 Å². The summed E-state index contributed by atoms with van der Waals surface area (Å²) in [7, 11) is 0. The Bertz CT molecular complexity index is 1060. The van der Waals surface area contributed by atoms with Crippen molar-refractivity contribution in [1.82, 2.24) is 10.6 Å². The average Bonchev–Trinajstić information content (AvgIpc) is 3.42. The maximum absolute atomic E-state index is 13.0. The Morgan fingerprint density at radius 2 is 1.60 bits per heavy atom. The van der Waals surface area contributed by atoms with E-state index in [1.165, 1.54) is 0 Å². The monoisotopic (exact) mass is 478 g/mol. The summed E-state index contributed by atoms with van der Waals surface area (Å²) in [6, 6.07) is 15.4. The zero-order valence-corrected chi connectivity index (χ0v) is 20.5. The van der Waals surface area contributed by atoms with Crippen LogP contribution < -0.4 is 10.6 Å². The predicted octanol–water partition coefficient (Wildman–Crippen LogP) is 4.56. The second-order valence-corrected chi connectivity index (χ2v) is 10.6. The molecule has 2 aliphatic rings. The molecule has 2 aliphatic carbocycles. The van der Waals surface area contributed by atoms with E-state index in [2.05, 4.69) is 34.9 Å². The van der Waals surface area contributed by atoms with E-state index in [0.29, 0.717) is 6.42 Å². The minimum Gasteiger partial charge on any atom is -0.481 e. The topological polar surface area (TPSA) is 105 Å². The molecule has 1 fully saturated rings. The van der Waals surface area contributed by atoms with Crippen LogP contribution in [-0.2, 0) is 14.3 Å². The number of ether oxygens (including phenoxy) is 1. The summed E-state index contributed by atoms with van der Waals surface area (Å²) in [6.07, 6.45) is 1.61. The van der Waals surface area contributed by atoms with Crippen LogP contribution >= 0.6 is 0 Å². The van der Waals surface area contributed by atoms with Gasteiger partial charge in [-0.25, -0.2) is 4.79 Å². The fraction of sp³-hybridized carbons (Fsp3) is 0.464. The number of carboxylic acids is 1. The molecule has 0 aromatic heterocycles. The minimum absolute atomic E-state index is 0.0645. The lowest BCUT2D eigenvalue weighted by Crippen LogP contribution is -2.54. The number of aliphatic carboxylic acids is 1. The Hall–Kier alpha value is -3.35. The quantitative estimate of drug-likeness (QED) is 0.541. The van der Waals surface area contributed by atoms with Crippen molar-refractivity contribution in [2.75, 3.05) is 13.2 Å². The van der Waals surface area contributed by atoms with Crippen LogP contribution in [0.5, 0.6) is 0 Å². The molecular formula is C28H34N2O5. The molecule has 0 unspecified atom stereocenters. The first-order chi connectivity index (χ1) is 16.7. The molecule has 0 radical (unpaired) electrons. The van der Waals surface area contributed by atoms with Crippen molar-refractivity contribution >= 4 is 18.0 Å². The molecule has 2 amide bonds. The molecule has 2 aromatic carbocycles. The molecule has 0 spiro atoms. The van der Waals surface area contributed by atoms with Crippen molar-refractivity contribution in [1.29, 1.82) is 0 Å². The first-order valence-corrected chi connectivity index (χ1v) is 12.3. The first kappa shape index (κ1) is 24.8. The van der Waals surface area contributed by atoms with Crippen LogP contribution in [0.25, 0.3) is 11.1 Å². The fourth-order valence-electron chi connectivity index (χ4n) is 5.37. The zero-order valence-electron chi connectivity index (χ0n) is 20.5. The molecule has 0 saturated heterocycles. The van der Waals surface area contributed by atoms with E-state index in [0.717, 1.165) is 35.1 Å². The van der Waals surface area contributed by atoms with E-state index >= 15 is 0 Å². The highest BCUT2D eigenvalue weighted by atomic mass is 16.5. The Morgan fingerprint density at radius 3 is 2.17 bits per heavy atom. The molecule has 4 rings (SSSR count). The maximum Gasteiger partial charge on any atom is 0.407 e. The molecule has 186 valence electrons. The molecule has 3 N–H and O–H groups in total. The van der Waals surface area contributed by atoms with Gasteiger partial charge in [-0.15, -0.1) is 0 Å². The largest absolute Gasteiger partial charge is 0.481 e. The molecule has 2 aromatic rings. The Kier molecular flexibility index (Phi) is 7.15. The summed E-state index contributed by atoms with van der Waals surface area (Å²) in [5, 5.41) is 15.0. The van der Waals surface area contributed by atoms with Gasteiger partial charge in [0.2, 0.25) is 5.91 Å². The third kappa shape index (κ3) is 5.34. The number of carbonyl (C=O) groups is 3. The van der Waals surface area contributed by atoms with E-state index in [-0.39, 0.29) is 30.9 Å². The number of alkyl carbamates (subject to hydrolysis) is 1. The summed E-state index contributed by atoms with van der Waals surface area (Å²) in [6.45, 7) is 6.07. The smallest absolute Gasteiger partial charge is 0.407 e. The Labute approximate surface area is 206 Å². The van der Waals surface area contributed by atoms with Crippen LogP contribution in [0.15, 0.2) is 48.5 Å². The third-order valence-corrected chi connectivity index (χ3v) is 7.25. The van der Waals surface area contributed by atoms with Crippen molar-refractivity contribution in [3.8, 4) is 11.1 Å². The van der Waals surface area contributed by atoms with Crippen molar-refractivity contribution < 1.29 is 24.2 Å². The van der Waals surface area contributed by atoms with Gasteiger partial charge in [-0.1, -0.05) is 75.7 Å². The van der Waals surface area contributed by atoms with Gasteiger partial charge in [0.05, 0.1) is 5.92 Å². The average molecular weight is 479 g/mol. The second-order valence-electron chi connectivity index (χ2n) is 10.6. The minimum atomic E-state index is -0.817. The van der Waals surface area contributed by atoms with Crippen LogP contribution in [0.3, 0.4) is 0 Å². The molecule has 0 aliphatic heterocycles. The van der Waals surface area contributed by atoms with Gasteiger partial charge in [-0.2, -0.15) is 0 Å². The number of fused-ring (bicyclic) bond motifs is 3. The highest BCUT2D eigenvalue weighted by Gasteiger charge is 2.37. The number of benzene rings is 2. The highest BCUT2D eigenvalue weighted by molar-refractivity contribution is 5.86. The Balaban J connectivity index is 1.38. The molecule has 1 saturated carbocycles. The summed E-state index contributed by atoms with van der Waals surface area (Å²) in [5.41, 5.74) is 3.98. The maximum atomic E-state index is 13.0. The summed E-state index contributed by atoms with van der Waals surface area (Å²) < 4.78 is 5.63. The molecule has 7 heteroatoms. The molecule has 3 atom stereocenters. The highest BCUT2D eigenvalue weighted by Crippen LogP contribution is 2.44. The van der Waals surface area contributed by atoms with Crippen molar-refractivity contribution in [3.05, 3.63) is 59.7 Å². The van der Waals surface area contributed by atoms with Gasteiger partial charge >= 0.3 is 12.1 Å². The molecule has 35 heavy (non-hydrogen) atoms. The van der Waals surface area contributed by atoms with Crippen molar-refractivity contribution in [3.63, 3.8) is 0 Å². The van der Waals surface area contributed by atoms with Crippen LogP contribution in [-0.4, -0.2) is 42.3 Å². The fourth-order valence-corrected chi connectivity index (χ4v) is 5.37. The van der Waals surface area contributed by atoms with Gasteiger partial charge < -0.3 is 20.5 Å².